The van der Waals surface area contributed by atoms with E-state index in [1.807, 2.05) is 28.8 Å². The van der Waals surface area contributed by atoms with Crippen LogP contribution in [0.15, 0.2) is 58.6 Å². The smallest absolute Gasteiger partial charge is 0.243 e. The van der Waals surface area contributed by atoms with E-state index in [-0.39, 0.29) is 22.3 Å². The zero-order chi connectivity index (χ0) is 26.3. The summed E-state index contributed by atoms with van der Waals surface area (Å²) in [4.78, 5) is 24.3. The van der Waals surface area contributed by atoms with Crippen molar-refractivity contribution in [1.29, 1.82) is 0 Å². The quantitative estimate of drug-likeness (QED) is 0.183. The molecule has 0 saturated heterocycles. The van der Waals surface area contributed by atoms with E-state index in [1.54, 1.807) is 26.0 Å². The molecule has 12 heteroatoms. The van der Waals surface area contributed by atoms with E-state index < -0.39 is 10.0 Å². The van der Waals surface area contributed by atoms with E-state index in [4.69, 9.17) is 0 Å². The fraction of sp³-hybridized carbons (Fsp3) is 0.333. The molecule has 0 aliphatic heterocycles. The Balaban J connectivity index is 1.77. The molecule has 192 valence electrons. The molecule has 3 aromatic rings. The molecule has 0 spiro atoms. The van der Waals surface area contributed by atoms with E-state index in [9.17, 15) is 18.0 Å². The molecular weight excluding hydrogens is 613 g/mol. The fourth-order valence-electron chi connectivity index (χ4n) is 3.49. The largest absolute Gasteiger partial charge is 0.356 e. The van der Waals surface area contributed by atoms with Gasteiger partial charge in [0.15, 0.2) is 10.9 Å². The first-order valence-electron chi connectivity index (χ1n) is 11.4. The minimum absolute atomic E-state index is 0.107. The average molecular weight is 642 g/mol. The summed E-state index contributed by atoms with van der Waals surface area (Å²) in [6.45, 7) is 6.22. The molecule has 1 N–H and O–H groups in total. The molecule has 1 aromatic heterocycles. The van der Waals surface area contributed by atoms with Crippen molar-refractivity contribution in [3.63, 3.8) is 0 Å². The van der Waals surface area contributed by atoms with Gasteiger partial charge in [0.05, 0.1) is 10.6 Å². The number of aromatic nitrogens is 3. The minimum atomic E-state index is -3.58. The van der Waals surface area contributed by atoms with Crippen molar-refractivity contribution in [2.24, 2.45) is 0 Å². The molecular formula is C24H28IN5O4S2. The van der Waals surface area contributed by atoms with E-state index in [0.717, 1.165) is 9.26 Å². The summed E-state index contributed by atoms with van der Waals surface area (Å²) in [5.74, 6) is 0.511. The SMILES string of the molecule is CCN(CC)S(=O)(=O)c1ccc(C(=O)CSc2nnc(CCNC(C)=O)n2-c2ccc(I)cc2)cc1. The number of nitrogens with one attached hydrogen (secondary N) is 1. The molecule has 0 radical (unpaired) electrons. The van der Waals surface area contributed by atoms with E-state index >= 15 is 0 Å². The van der Waals surface area contributed by atoms with Gasteiger partial charge in [-0.25, -0.2) is 8.42 Å². The lowest BCUT2D eigenvalue weighted by Crippen LogP contribution is -2.30. The Labute approximate surface area is 229 Å². The first-order valence-corrected chi connectivity index (χ1v) is 14.9. The third-order valence-electron chi connectivity index (χ3n) is 5.36. The third kappa shape index (κ3) is 6.93. The van der Waals surface area contributed by atoms with Gasteiger partial charge >= 0.3 is 0 Å². The van der Waals surface area contributed by atoms with Crippen LogP contribution in [0.25, 0.3) is 5.69 Å². The van der Waals surface area contributed by atoms with Crippen molar-refractivity contribution < 1.29 is 18.0 Å². The molecule has 9 nitrogen and oxygen atoms in total. The Morgan fingerprint density at radius 1 is 1.03 bits per heavy atom. The number of hydrogen-bond donors (Lipinski definition) is 1. The number of thioether (sulfide) groups is 1. The minimum Gasteiger partial charge on any atom is -0.356 e. The summed E-state index contributed by atoms with van der Waals surface area (Å²) in [5.41, 5.74) is 1.28. The van der Waals surface area contributed by atoms with Gasteiger partial charge in [0.2, 0.25) is 15.9 Å². The molecule has 36 heavy (non-hydrogen) atoms. The van der Waals surface area contributed by atoms with Crippen LogP contribution in [-0.2, 0) is 21.2 Å². The summed E-state index contributed by atoms with van der Waals surface area (Å²) < 4.78 is 29.7. The Bertz CT molecular complexity index is 1310. The van der Waals surface area contributed by atoms with Crippen molar-refractivity contribution >= 4 is 56.1 Å². The first-order chi connectivity index (χ1) is 17.2. The van der Waals surface area contributed by atoms with Crippen LogP contribution in [0, 0.1) is 3.57 Å². The Morgan fingerprint density at radius 2 is 1.67 bits per heavy atom. The van der Waals surface area contributed by atoms with Crippen molar-refractivity contribution in [3.05, 3.63) is 63.5 Å². The van der Waals surface area contributed by atoms with Crippen LogP contribution in [-0.4, -0.2) is 64.6 Å². The Morgan fingerprint density at radius 3 is 2.25 bits per heavy atom. The molecule has 1 amide bonds. The van der Waals surface area contributed by atoms with Crippen molar-refractivity contribution in [3.8, 4) is 5.69 Å². The second-order valence-electron chi connectivity index (χ2n) is 7.77. The number of carbonyl (C=O) groups excluding carboxylic acids is 2. The van der Waals surface area contributed by atoms with E-state index in [2.05, 4.69) is 38.1 Å². The van der Waals surface area contributed by atoms with Gasteiger partial charge in [0.25, 0.3) is 0 Å². The lowest BCUT2D eigenvalue weighted by Gasteiger charge is -2.18. The van der Waals surface area contributed by atoms with Crippen molar-refractivity contribution in [1.82, 2.24) is 24.4 Å². The lowest BCUT2D eigenvalue weighted by atomic mass is 10.1. The van der Waals surface area contributed by atoms with Gasteiger partial charge in [0.1, 0.15) is 5.82 Å². The number of carbonyl (C=O) groups is 2. The summed E-state index contributed by atoms with van der Waals surface area (Å²) >= 11 is 3.49. The number of benzene rings is 2. The molecule has 0 saturated carbocycles. The van der Waals surface area contributed by atoms with Crippen LogP contribution in [0.3, 0.4) is 0 Å². The van der Waals surface area contributed by atoms with Gasteiger partial charge in [0, 0.05) is 47.8 Å². The highest BCUT2D eigenvalue weighted by atomic mass is 127. The Kier molecular flexibility index (Phi) is 10.0. The van der Waals surface area contributed by atoms with Crippen LogP contribution in [0.5, 0.6) is 0 Å². The van der Waals surface area contributed by atoms with Crippen LogP contribution >= 0.6 is 34.4 Å². The number of halogens is 1. The standard InChI is InChI=1S/C24H28IN5O4S2/c1-4-29(5-2)36(33,34)21-12-6-18(7-13-21)22(32)16-35-24-28-27-23(14-15-26-17(3)31)30(24)20-10-8-19(25)9-11-20/h6-13H,4-5,14-16H2,1-3H3,(H,26,31). The number of amides is 1. The second-order valence-corrected chi connectivity index (χ2v) is 11.9. The second kappa shape index (κ2) is 12.8. The zero-order valence-electron chi connectivity index (χ0n) is 20.3. The highest BCUT2D eigenvalue weighted by molar-refractivity contribution is 14.1. The maximum absolute atomic E-state index is 12.9. The molecule has 0 aliphatic carbocycles. The molecule has 0 fully saturated rings. The van der Waals surface area contributed by atoms with Gasteiger partial charge < -0.3 is 5.32 Å². The summed E-state index contributed by atoms with van der Waals surface area (Å²) in [7, 11) is -3.58. The number of nitrogens with zero attached hydrogens (tertiary/aromatic N) is 4. The maximum Gasteiger partial charge on any atom is 0.243 e. The summed E-state index contributed by atoms with van der Waals surface area (Å²) in [6, 6.07) is 13.9. The fourth-order valence-corrected chi connectivity index (χ4v) is 6.18. The van der Waals surface area contributed by atoms with Crippen LogP contribution in [0.1, 0.15) is 37.0 Å². The van der Waals surface area contributed by atoms with Gasteiger partial charge in [-0.1, -0.05) is 37.7 Å². The number of sulfonamides is 1. The highest BCUT2D eigenvalue weighted by Gasteiger charge is 2.22. The normalized spacial score (nSPS) is 11.6. The third-order valence-corrected chi connectivity index (χ3v) is 9.07. The molecule has 2 aromatic carbocycles. The number of hydrogen-bond acceptors (Lipinski definition) is 7. The van der Waals surface area contributed by atoms with Gasteiger partial charge in [-0.2, -0.15) is 4.31 Å². The number of Topliss-reactive ketones (excluding diaryl/α,β-unsaturated/α-hetero) is 1. The predicted octanol–water partition coefficient (Wildman–Crippen LogP) is 3.56. The van der Waals surface area contributed by atoms with Gasteiger partial charge in [-0.05, 0) is 59.0 Å². The Hall–Kier alpha value is -2.29. The molecule has 0 unspecified atom stereocenters. The zero-order valence-corrected chi connectivity index (χ0v) is 24.1. The molecule has 0 atom stereocenters. The first kappa shape index (κ1) is 28.3. The summed E-state index contributed by atoms with van der Waals surface area (Å²) in [6.07, 6.45) is 0.482. The number of ketones is 1. The maximum atomic E-state index is 12.9. The average Bonchev–Trinajstić information content (AvgIpc) is 3.26. The van der Waals surface area contributed by atoms with Crippen LogP contribution in [0.4, 0.5) is 0 Å². The van der Waals surface area contributed by atoms with Crippen molar-refractivity contribution in [2.75, 3.05) is 25.4 Å². The van der Waals surface area contributed by atoms with Crippen LogP contribution in [0.2, 0.25) is 0 Å². The van der Waals surface area contributed by atoms with Gasteiger partial charge in [-0.3, -0.25) is 14.2 Å². The van der Waals surface area contributed by atoms with E-state index in [1.165, 1.54) is 35.1 Å². The monoisotopic (exact) mass is 641 g/mol. The van der Waals surface area contributed by atoms with E-state index in [0.29, 0.717) is 42.6 Å². The van der Waals surface area contributed by atoms with Crippen molar-refractivity contribution in [2.45, 2.75) is 37.2 Å². The van der Waals surface area contributed by atoms with Gasteiger partial charge in [-0.15, -0.1) is 10.2 Å². The molecule has 3 rings (SSSR count). The highest BCUT2D eigenvalue weighted by Crippen LogP contribution is 2.24. The molecule has 1 heterocycles. The van der Waals surface area contributed by atoms with Crippen LogP contribution < -0.4 is 5.32 Å². The summed E-state index contributed by atoms with van der Waals surface area (Å²) in [5, 5.41) is 11.9. The molecule has 0 bridgehead atoms. The topological polar surface area (TPSA) is 114 Å². The number of rotatable bonds is 12. The molecule has 0 aliphatic rings. The predicted molar refractivity (Wildman–Crippen MR) is 148 cm³/mol. The lowest BCUT2D eigenvalue weighted by molar-refractivity contribution is -0.118.